The van der Waals surface area contributed by atoms with Crippen LogP contribution in [0.25, 0.3) is 0 Å². The molecule has 0 unspecified atom stereocenters. The lowest BCUT2D eigenvalue weighted by Crippen LogP contribution is -2.46. The molecule has 0 aromatic heterocycles. The van der Waals surface area contributed by atoms with Crippen molar-refractivity contribution in [3.63, 3.8) is 0 Å². The van der Waals surface area contributed by atoms with Crippen LogP contribution in [0.15, 0.2) is 23.8 Å². The molecule has 1 aromatic carbocycles. The smallest absolute Gasteiger partial charge is 0.158 e. The lowest BCUT2D eigenvalue weighted by atomic mass is 9.65. The maximum atomic E-state index is 13.3. The zero-order chi connectivity index (χ0) is 25.2. The molecule has 1 saturated carbocycles. The Morgan fingerprint density at radius 1 is 1.11 bits per heavy atom. The van der Waals surface area contributed by atoms with Crippen molar-refractivity contribution in [2.45, 2.75) is 135 Å². The third-order valence-electron chi connectivity index (χ3n) is 9.29. The quantitative estimate of drug-likeness (QED) is 0.359. The van der Waals surface area contributed by atoms with Gasteiger partial charge in [-0.15, -0.1) is 0 Å². The van der Waals surface area contributed by atoms with Crippen LogP contribution in [-0.2, 0) is 10.2 Å². The van der Waals surface area contributed by atoms with Crippen molar-refractivity contribution in [1.82, 2.24) is 0 Å². The van der Waals surface area contributed by atoms with E-state index in [1.54, 1.807) is 0 Å². The van der Waals surface area contributed by atoms with Crippen molar-refractivity contribution in [2.75, 3.05) is 0 Å². The highest BCUT2D eigenvalue weighted by molar-refractivity contribution is 5.95. The van der Waals surface area contributed by atoms with Crippen LogP contribution in [0, 0.1) is 11.8 Å². The number of hydrogen-bond acceptors (Lipinski definition) is 3. The van der Waals surface area contributed by atoms with Crippen molar-refractivity contribution >= 4 is 5.78 Å². The lowest BCUT2D eigenvalue weighted by Gasteiger charge is -2.47. The van der Waals surface area contributed by atoms with Crippen LogP contribution in [0.3, 0.4) is 0 Å². The summed E-state index contributed by atoms with van der Waals surface area (Å²) in [5.41, 5.74) is 2.72. The molecule has 2 atom stereocenters. The van der Waals surface area contributed by atoms with E-state index in [0.717, 1.165) is 41.7 Å². The van der Waals surface area contributed by atoms with Crippen LogP contribution in [0.4, 0.5) is 0 Å². The summed E-state index contributed by atoms with van der Waals surface area (Å²) in [6, 6.07) is 4.17. The number of allylic oxidation sites excluding steroid dienone is 2. The zero-order valence-electron chi connectivity index (χ0n) is 22.9. The summed E-state index contributed by atoms with van der Waals surface area (Å²) < 4.78 is 6.59. The maximum Gasteiger partial charge on any atom is 0.158 e. The van der Waals surface area contributed by atoms with Gasteiger partial charge in [-0.1, -0.05) is 84.6 Å². The van der Waals surface area contributed by atoms with Gasteiger partial charge in [0.15, 0.2) is 5.78 Å². The Morgan fingerprint density at radius 2 is 1.86 bits per heavy atom. The molecular formula is C32H48O3. The molecule has 1 heterocycles. The average Bonchev–Trinajstić information content (AvgIpc) is 2.81. The largest absolute Gasteiger partial charge is 0.508 e. The number of hydrogen-bond donors (Lipinski definition) is 1. The van der Waals surface area contributed by atoms with Crippen LogP contribution in [0.2, 0.25) is 0 Å². The summed E-state index contributed by atoms with van der Waals surface area (Å²) in [5.74, 6) is 2.47. The molecule has 194 valence electrons. The summed E-state index contributed by atoms with van der Waals surface area (Å²) in [7, 11) is 0. The summed E-state index contributed by atoms with van der Waals surface area (Å²) in [6.45, 7) is 11.2. The molecule has 0 spiro atoms. The molecule has 0 radical (unpaired) electrons. The van der Waals surface area contributed by atoms with E-state index in [0.29, 0.717) is 23.9 Å². The van der Waals surface area contributed by atoms with Crippen LogP contribution >= 0.6 is 0 Å². The molecule has 1 aromatic rings. The maximum absolute atomic E-state index is 13.3. The van der Waals surface area contributed by atoms with E-state index >= 15 is 0 Å². The number of Topliss-reactive ketones (excluding diaryl/α,β-unsaturated/α-hetero) is 1. The molecule has 0 saturated heterocycles. The molecule has 35 heavy (non-hydrogen) atoms. The minimum atomic E-state index is -0.331. The van der Waals surface area contributed by atoms with Gasteiger partial charge in [0.25, 0.3) is 0 Å². The Bertz CT molecular complexity index is 932. The molecule has 4 rings (SSSR count). The first-order valence-electron chi connectivity index (χ1n) is 14.4. The second-order valence-electron chi connectivity index (χ2n) is 12.8. The summed E-state index contributed by atoms with van der Waals surface area (Å²) in [4.78, 5) is 13.3. The van der Waals surface area contributed by atoms with E-state index in [4.69, 9.17) is 4.74 Å². The van der Waals surface area contributed by atoms with E-state index in [-0.39, 0.29) is 22.9 Å². The Hall–Kier alpha value is -1.77. The molecule has 0 bridgehead atoms. The predicted molar refractivity (Wildman–Crippen MR) is 144 cm³/mol. The number of ether oxygens (including phenoxy) is 1. The van der Waals surface area contributed by atoms with Crippen LogP contribution < -0.4 is 4.74 Å². The number of aromatic hydroxyl groups is 1. The van der Waals surface area contributed by atoms with Gasteiger partial charge in [0.05, 0.1) is 0 Å². The summed E-state index contributed by atoms with van der Waals surface area (Å²) in [5, 5.41) is 11.3. The summed E-state index contributed by atoms with van der Waals surface area (Å²) in [6.07, 6.45) is 16.8. The molecule has 1 fully saturated rings. The van der Waals surface area contributed by atoms with Gasteiger partial charge in [0.1, 0.15) is 17.1 Å². The Labute approximate surface area is 213 Å². The predicted octanol–water partition coefficient (Wildman–Crippen LogP) is 8.77. The molecule has 3 nitrogen and oxygen atoms in total. The molecule has 3 heteroatoms. The molecular weight excluding hydrogens is 432 g/mol. The van der Waals surface area contributed by atoms with Crippen LogP contribution in [-0.4, -0.2) is 16.5 Å². The van der Waals surface area contributed by atoms with Gasteiger partial charge < -0.3 is 9.84 Å². The standard InChI is InChI=1S/C32H48O3/c1-6-7-8-12-17-31(2,3)24-20-28(34)30-25-19-23(27(33)18-22-13-10-9-11-14-22)15-16-26(25)32(4,5)35-29(30)21-24/h15,20-22,25-26,34H,6-14,16-19H2,1-5H3/t25-,26-/m1/s1. The lowest BCUT2D eigenvalue weighted by molar-refractivity contribution is -0.117. The SMILES string of the molecule is CCCCCCC(C)(C)c1cc(O)c2c(c1)OC(C)(C)[C@@H]1CC=C(C(=O)CC3CCCCC3)C[C@@H]21. The number of ketones is 1. The number of phenols is 1. The van der Waals surface area contributed by atoms with E-state index < -0.39 is 0 Å². The highest BCUT2D eigenvalue weighted by Crippen LogP contribution is 2.55. The number of unbranched alkanes of at least 4 members (excludes halogenated alkanes) is 3. The number of carbonyl (C=O) groups is 1. The van der Waals surface area contributed by atoms with Crippen LogP contribution in [0.1, 0.15) is 135 Å². The van der Waals surface area contributed by atoms with E-state index in [1.807, 2.05) is 6.07 Å². The molecule has 1 N–H and O–H groups in total. The minimum absolute atomic E-state index is 0.0157. The highest BCUT2D eigenvalue weighted by Gasteiger charge is 2.47. The van der Waals surface area contributed by atoms with E-state index in [2.05, 4.69) is 46.8 Å². The molecule has 0 amide bonds. The van der Waals surface area contributed by atoms with E-state index in [1.165, 1.54) is 57.8 Å². The molecule has 3 aliphatic rings. The average molecular weight is 481 g/mol. The first-order valence-corrected chi connectivity index (χ1v) is 14.4. The van der Waals surface area contributed by atoms with Gasteiger partial charge in [0, 0.05) is 23.8 Å². The number of rotatable bonds is 9. The van der Waals surface area contributed by atoms with Gasteiger partial charge in [0.2, 0.25) is 0 Å². The number of benzene rings is 1. The third kappa shape index (κ3) is 5.81. The van der Waals surface area contributed by atoms with Crippen molar-refractivity contribution < 1.29 is 14.6 Å². The van der Waals surface area contributed by atoms with E-state index in [9.17, 15) is 9.90 Å². The number of carbonyl (C=O) groups excluding carboxylic acids is 1. The van der Waals surface area contributed by atoms with Crippen molar-refractivity contribution in [3.8, 4) is 11.5 Å². The van der Waals surface area contributed by atoms with Gasteiger partial charge in [-0.25, -0.2) is 0 Å². The van der Waals surface area contributed by atoms with Crippen LogP contribution in [0.5, 0.6) is 11.5 Å². The van der Waals surface area contributed by atoms with Crippen molar-refractivity contribution in [2.24, 2.45) is 11.8 Å². The minimum Gasteiger partial charge on any atom is -0.508 e. The van der Waals surface area contributed by atoms with Crippen molar-refractivity contribution in [1.29, 1.82) is 0 Å². The second-order valence-corrected chi connectivity index (χ2v) is 12.8. The normalized spacial score (nSPS) is 24.2. The Morgan fingerprint density at radius 3 is 2.57 bits per heavy atom. The van der Waals surface area contributed by atoms with Gasteiger partial charge in [-0.2, -0.15) is 0 Å². The Kier molecular flexibility index (Phi) is 8.03. The van der Waals surface area contributed by atoms with Gasteiger partial charge in [-0.05, 0) is 67.7 Å². The molecule has 1 aliphatic heterocycles. The summed E-state index contributed by atoms with van der Waals surface area (Å²) >= 11 is 0. The zero-order valence-corrected chi connectivity index (χ0v) is 22.9. The fraction of sp³-hybridized carbons (Fsp3) is 0.719. The number of fused-ring (bicyclic) bond motifs is 3. The molecule has 2 aliphatic carbocycles. The van der Waals surface area contributed by atoms with Gasteiger partial charge >= 0.3 is 0 Å². The second kappa shape index (κ2) is 10.7. The fourth-order valence-corrected chi connectivity index (χ4v) is 6.94. The fourth-order valence-electron chi connectivity index (χ4n) is 6.94. The van der Waals surface area contributed by atoms with Crippen molar-refractivity contribution in [3.05, 3.63) is 34.9 Å². The number of phenolic OH excluding ortho intramolecular Hbond substituents is 1. The first-order chi connectivity index (χ1) is 16.6. The van der Waals surface area contributed by atoms with Gasteiger partial charge in [-0.3, -0.25) is 4.79 Å². The topological polar surface area (TPSA) is 46.5 Å². The highest BCUT2D eigenvalue weighted by atomic mass is 16.5. The first kappa shape index (κ1) is 26.3. The monoisotopic (exact) mass is 480 g/mol. The Balaban J connectivity index is 1.56. The third-order valence-corrected chi connectivity index (χ3v) is 9.29.